The van der Waals surface area contributed by atoms with Gasteiger partial charge in [0.2, 0.25) is 0 Å². The summed E-state index contributed by atoms with van der Waals surface area (Å²) in [4.78, 5) is 11.9. The minimum Gasteiger partial charge on any atom is -0.330 e. The molecule has 0 aliphatic heterocycles. The molecular weight excluding hydrogens is 270 g/mol. The van der Waals surface area contributed by atoms with Crippen LogP contribution >= 0.6 is 15.9 Å². The summed E-state index contributed by atoms with van der Waals surface area (Å²) in [7, 11) is 1.85. The average molecular weight is 288 g/mol. The van der Waals surface area contributed by atoms with Crippen molar-refractivity contribution in [3.63, 3.8) is 0 Å². The minimum absolute atomic E-state index is 0.0397. The maximum atomic E-state index is 11.9. The highest BCUT2D eigenvalue weighted by molar-refractivity contribution is 9.10. The SMILES string of the molecule is CCC(CN)C(=O)Cc1c(Br)c(C)nn1C. The van der Waals surface area contributed by atoms with Crippen molar-refractivity contribution in [1.82, 2.24) is 9.78 Å². The topological polar surface area (TPSA) is 60.9 Å². The number of carbonyl (C=O) groups is 1. The van der Waals surface area contributed by atoms with Crippen molar-refractivity contribution in [2.24, 2.45) is 18.7 Å². The van der Waals surface area contributed by atoms with Gasteiger partial charge >= 0.3 is 0 Å². The molecule has 0 bridgehead atoms. The Morgan fingerprint density at radius 3 is 2.62 bits per heavy atom. The van der Waals surface area contributed by atoms with Crippen LogP contribution in [0.3, 0.4) is 0 Å². The van der Waals surface area contributed by atoms with Crippen LogP contribution in [0.15, 0.2) is 4.47 Å². The molecule has 2 N–H and O–H groups in total. The molecule has 1 atom stereocenters. The molecule has 0 saturated carbocycles. The first-order valence-electron chi connectivity index (χ1n) is 5.42. The van der Waals surface area contributed by atoms with Crippen LogP contribution in [0, 0.1) is 12.8 Å². The Labute approximate surface area is 104 Å². The molecule has 0 aromatic carbocycles. The summed E-state index contributed by atoms with van der Waals surface area (Å²) in [5.41, 5.74) is 7.40. The third-order valence-corrected chi connectivity index (χ3v) is 3.87. The minimum atomic E-state index is -0.0397. The van der Waals surface area contributed by atoms with E-state index in [9.17, 15) is 4.79 Å². The molecule has 0 aliphatic rings. The second-order valence-electron chi connectivity index (χ2n) is 3.95. The van der Waals surface area contributed by atoms with E-state index in [2.05, 4.69) is 21.0 Å². The van der Waals surface area contributed by atoms with Gasteiger partial charge in [0.1, 0.15) is 5.78 Å². The van der Waals surface area contributed by atoms with Crippen LogP contribution in [0.1, 0.15) is 24.7 Å². The summed E-state index contributed by atoms with van der Waals surface area (Å²) >= 11 is 3.46. The van der Waals surface area contributed by atoms with Gasteiger partial charge in [0, 0.05) is 25.9 Å². The first-order chi connectivity index (χ1) is 7.51. The molecule has 1 heterocycles. The summed E-state index contributed by atoms with van der Waals surface area (Å²) in [6.45, 7) is 4.32. The van der Waals surface area contributed by atoms with Crippen LogP contribution in [-0.4, -0.2) is 22.1 Å². The number of rotatable bonds is 5. The Morgan fingerprint density at radius 1 is 1.62 bits per heavy atom. The van der Waals surface area contributed by atoms with E-state index in [0.29, 0.717) is 13.0 Å². The number of Topliss-reactive ketones (excluding diaryl/α,β-unsaturated/α-hetero) is 1. The van der Waals surface area contributed by atoms with Crippen molar-refractivity contribution in [3.8, 4) is 0 Å². The predicted octanol–water partition coefficient (Wildman–Crippen LogP) is 1.59. The number of hydrogen-bond acceptors (Lipinski definition) is 3. The number of hydrogen-bond donors (Lipinski definition) is 1. The van der Waals surface area contributed by atoms with Crippen molar-refractivity contribution >= 4 is 21.7 Å². The van der Waals surface area contributed by atoms with Gasteiger partial charge in [-0.3, -0.25) is 9.48 Å². The summed E-state index contributed by atoms with van der Waals surface area (Å²) in [6.07, 6.45) is 1.19. The van der Waals surface area contributed by atoms with Crippen molar-refractivity contribution in [1.29, 1.82) is 0 Å². The maximum Gasteiger partial charge on any atom is 0.143 e. The normalized spacial score (nSPS) is 12.8. The Bertz CT molecular complexity index is 383. The average Bonchev–Trinajstić information content (AvgIpc) is 2.47. The number of halogens is 1. The molecule has 5 heteroatoms. The molecule has 90 valence electrons. The Hall–Kier alpha value is -0.680. The van der Waals surface area contributed by atoms with Gasteiger partial charge in [-0.1, -0.05) is 6.92 Å². The quantitative estimate of drug-likeness (QED) is 0.895. The highest BCUT2D eigenvalue weighted by Gasteiger charge is 2.19. The highest BCUT2D eigenvalue weighted by atomic mass is 79.9. The van der Waals surface area contributed by atoms with Crippen LogP contribution in [-0.2, 0) is 18.3 Å². The van der Waals surface area contributed by atoms with Crippen molar-refractivity contribution in [3.05, 3.63) is 15.9 Å². The zero-order valence-corrected chi connectivity index (χ0v) is 11.5. The maximum absolute atomic E-state index is 11.9. The summed E-state index contributed by atoms with van der Waals surface area (Å²) in [6, 6.07) is 0. The predicted molar refractivity (Wildman–Crippen MR) is 67.2 cm³/mol. The molecule has 0 saturated heterocycles. The number of ketones is 1. The van der Waals surface area contributed by atoms with E-state index in [1.165, 1.54) is 0 Å². The molecule has 0 fully saturated rings. The van der Waals surface area contributed by atoms with Gasteiger partial charge in [-0.05, 0) is 29.3 Å². The van der Waals surface area contributed by atoms with Gasteiger partial charge < -0.3 is 5.73 Å². The lowest BCUT2D eigenvalue weighted by atomic mass is 9.98. The van der Waals surface area contributed by atoms with Crippen LogP contribution in [0.4, 0.5) is 0 Å². The molecule has 16 heavy (non-hydrogen) atoms. The number of aryl methyl sites for hydroxylation is 2. The van der Waals surface area contributed by atoms with Gasteiger partial charge in [0.25, 0.3) is 0 Å². The first kappa shape index (κ1) is 13.4. The third kappa shape index (κ3) is 2.71. The zero-order valence-electron chi connectivity index (χ0n) is 9.96. The largest absolute Gasteiger partial charge is 0.330 e. The number of aromatic nitrogens is 2. The third-order valence-electron chi connectivity index (χ3n) is 2.84. The molecule has 1 rings (SSSR count). The van der Waals surface area contributed by atoms with E-state index in [-0.39, 0.29) is 11.7 Å². The molecule has 4 nitrogen and oxygen atoms in total. The zero-order chi connectivity index (χ0) is 12.3. The van der Waals surface area contributed by atoms with E-state index in [1.54, 1.807) is 4.68 Å². The summed E-state index contributed by atoms with van der Waals surface area (Å²) < 4.78 is 2.68. The fourth-order valence-corrected chi connectivity index (χ4v) is 2.18. The number of carbonyl (C=O) groups excluding carboxylic acids is 1. The van der Waals surface area contributed by atoms with Crippen LogP contribution in [0.5, 0.6) is 0 Å². The second-order valence-corrected chi connectivity index (χ2v) is 4.75. The molecule has 0 aliphatic carbocycles. The van der Waals surface area contributed by atoms with Gasteiger partial charge in [-0.15, -0.1) is 0 Å². The van der Waals surface area contributed by atoms with Gasteiger partial charge in [-0.2, -0.15) is 5.10 Å². The molecule has 0 amide bonds. The van der Waals surface area contributed by atoms with Crippen LogP contribution in [0.2, 0.25) is 0 Å². The number of nitrogens with zero attached hydrogens (tertiary/aromatic N) is 2. The van der Waals surface area contributed by atoms with Crippen LogP contribution in [0.25, 0.3) is 0 Å². The standard InChI is InChI=1S/C11H18BrN3O/c1-4-8(6-13)10(16)5-9-11(12)7(2)14-15(9)3/h8H,4-6,13H2,1-3H3. The Morgan fingerprint density at radius 2 is 2.25 bits per heavy atom. The van der Waals surface area contributed by atoms with E-state index >= 15 is 0 Å². The molecule has 0 spiro atoms. The van der Waals surface area contributed by atoms with Crippen LogP contribution < -0.4 is 5.73 Å². The second kappa shape index (κ2) is 5.59. The van der Waals surface area contributed by atoms with E-state index in [4.69, 9.17) is 5.73 Å². The fourth-order valence-electron chi connectivity index (χ4n) is 1.71. The van der Waals surface area contributed by atoms with Gasteiger partial charge in [0.05, 0.1) is 15.9 Å². The van der Waals surface area contributed by atoms with E-state index in [1.807, 2.05) is 20.9 Å². The van der Waals surface area contributed by atoms with Crippen molar-refractivity contribution < 1.29 is 4.79 Å². The molecule has 0 radical (unpaired) electrons. The lowest BCUT2D eigenvalue weighted by molar-refractivity contribution is -0.122. The molecule has 1 aromatic rings. The van der Waals surface area contributed by atoms with E-state index in [0.717, 1.165) is 22.3 Å². The first-order valence-corrected chi connectivity index (χ1v) is 6.21. The lowest BCUT2D eigenvalue weighted by Gasteiger charge is -2.11. The molecular formula is C11H18BrN3O. The van der Waals surface area contributed by atoms with Crippen molar-refractivity contribution in [2.75, 3.05) is 6.54 Å². The molecule has 1 aromatic heterocycles. The Kier molecular flexibility index (Phi) is 4.68. The summed E-state index contributed by atoms with van der Waals surface area (Å²) in [5.74, 6) is 0.149. The van der Waals surface area contributed by atoms with Gasteiger partial charge in [-0.25, -0.2) is 0 Å². The highest BCUT2D eigenvalue weighted by Crippen LogP contribution is 2.21. The number of nitrogens with two attached hydrogens (primary N) is 1. The molecule has 1 unspecified atom stereocenters. The van der Waals surface area contributed by atoms with Crippen molar-refractivity contribution in [2.45, 2.75) is 26.7 Å². The summed E-state index contributed by atoms with van der Waals surface area (Å²) in [5, 5.41) is 4.26. The lowest BCUT2D eigenvalue weighted by Crippen LogP contribution is -2.25. The Balaban J connectivity index is 2.84. The monoisotopic (exact) mass is 287 g/mol. The van der Waals surface area contributed by atoms with E-state index < -0.39 is 0 Å². The smallest absolute Gasteiger partial charge is 0.143 e. The fraction of sp³-hybridized carbons (Fsp3) is 0.636. The van der Waals surface area contributed by atoms with Gasteiger partial charge in [0.15, 0.2) is 0 Å².